The van der Waals surface area contributed by atoms with Crippen LogP contribution in [0, 0.1) is 19.7 Å². The van der Waals surface area contributed by atoms with Gasteiger partial charge in [-0.05, 0) is 67.4 Å². The molecule has 1 saturated heterocycles. The predicted molar refractivity (Wildman–Crippen MR) is 139 cm³/mol. The van der Waals surface area contributed by atoms with Crippen LogP contribution in [0.4, 0.5) is 4.39 Å². The third kappa shape index (κ3) is 4.92. The van der Waals surface area contributed by atoms with Crippen LogP contribution in [0.5, 0.6) is 0 Å². The molecule has 1 aromatic heterocycles. The lowest BCUT2D eigenvalue weighted by atomic mass is 10.1. The number of halogens is 1. The van der Waals surface area contributed by atoms with E-state index >= 15 is 0 Å². The number of carbonyl (C=O) groups is 1. The molecule has 1 amide bonds. The van der Waals surface area contributed by atoms with Gasteiger partial charge in [0.05, 0.1) is 29.8 Å². The Balaban J connectivity index is 1.59. The van der Waals surface area contributed by atoms with Crippen molar-refractivity contribution in [2.75, 3.05) is 26.3 Å². The number of rotatable bonds is 5. The standard InChI is InChI=1S/C28H26FN3O3S/c1-18-3-4-19(2)21(15-18)17-36-28-30-25-16-20(26(33)31-11-13-35-14-12-31)5-10-24(25)27(34)32(28)23-8-6-22(29)7-9-23/h3-10,15-16H,11-14,17H2,1-2H3. The molecule has 184 valence electrons. The van der Waals surface area contributed by atoms with Gasteiger partial charge < -0.3 is 9.64 Å². The summed E-state index contributed by atoms with van der Waals surface area (Å²) < 4.78 is 20.5. The van der Waals surface area contributed by atoms with Crippen molar-refractivity contribution in [1.29, 1.82) is 0 Å². The monoisotopic (exact) mass is 503 g/mol. The number of nitrogens with zero attached hydrogens (tertiary/aromatic N) is 3. The summed E-state index contributed by atoms with van der Waals surface area (Å²) in [6.07, 6.45) is 0. The van der Waals surface area contributed by atoms with Gasteiger partial charge in [-0.15, -0.1) is 0 Å². The van der Waals surface area contributed by atoms with Crippen LogP contribution in [0.2, 0.25) is 0 Å². The largest absolute Gasteiger partial charge is 0.378 e. The molecule has 0 aliphatic carbocycles. The highest BCUT2D eigenvalue weighted by molar-refractivity contribution is 7.98. The van der Waals surface area contributed by atoms with E-state index in [-0.39, 0.29) is 17.3 Å². The third-order valence-corrected chi connectivity index (χ3v) is 7.32. The van der Waals surface area contributed by atoms with Crippen LogP contribution < -0.4 is 5.56 Å². The van der Waals surface area contributed by atoms with Crippen molar-refractivity contribution >= 4 is 28.6 Å². The lowest BCUT2D eigenvalue weighted by Gasteiger charge is -2.26. The number of amides is 1. The number of carbonyl (C=O) groups excluding carboxylic acids is 1. The molecule has 0 radical (unpaired) electrons. The number of aromatic nitrogens is 2. The Morgan fingerprint density at radius 2 is 1.78 bits per heavy atom. The molecule has 0 saturated carbocycles. The summed E-state index contributed by atoms with van der Waals surface area (Å²) in [7, 11) is 0. The van der Waals surface area contributed by atoms with E-state index in [9.17, 15) is 14.0 Å². The molecule has 0 spiro atoms. The van der Waals surface area contributed by atoms with E-state index in [0.717, 1.165) is 16.7 Å². The van der Waals surface area contributed by atoms with Gasteiger partial charge in [0.25, 0.3) is 11.5 Å². The summed E-state index contributed by atoms with van der Waals surface area (Å²) in [5.41, 5.74) is 4.68. The fourth-order valence-electron chi connectivity index (χ4n) is 4.26. The normalized spacial score (nSPS) is 13.8. The molecule has 1 fully saturated rings. The minimum atomic E-state index is -0.378. The summed E-state index contributed by atoms with van der Waals surface area (Å²) in [5.74, 6) is 0.129. The maximum atomic E-state index is 13.7. The first-order valence-corrected chi connectivity index (χ1v) is 12.8. The molecule has 8 heteroatoms. The average molecular weight is 504 g/mol. The van der Waals surface area contributed by atoms with E-state index in [1.807, 2.05) is 6.92 Å². The van der Waals surface area contributed by atoms with Crippen molar-refractivity contribution in [1.82, 2.24) is 14.5 Å². The second-order valence-corrected chi connectivity index (χ2v) is 9.81. The van der Waals surface area contributed by atoms with Crippen molar-refractivity contribution in [3.05, 3.63) is 99.1 Å². The molecule has 5 rings (SSSR count). The van der Waals surface area contributed by atoms with Gasteiger partial charge in [-0.25, -0.2) is 9.37 Å². The highest BCUT2D eigenvalue weighted by Crippen LogP contribution is 2.27. The molecule has 36 heavy (non-hydrogen) atoms. The molecular formula is C28H26FN3O3S. The van der Waals surface area contributed by atoms with Crippen LogP contribution in [-0.2, 0) is 10.5 Å². The number of hydrogen-bond acceptors (Lipinski definition) is 5. The Bertz CT molecular complexity index is 1490. The molecule has 3 aromatic carbocycles. The van der Waals surface area contributed by atoms with Crippen molar-refractivity contribution in [3.63, 3.8) is 0 Å². The number of ether oxygens (including phenoxy) is 1. The molecule has 1 aliphatic heterocycles. The first kappa shape index (κ1) is 24.2. The van der Waals surface area contributed by atoms with Crippen molar-refractivity contribution in [2.24, 2.45) is 0 Å². The van der Waals surface area contributed by atoms with Gasteiger partial charge in [-0.1, -0.05) is 35.5 Å². The fraction of sp³-hybridized carbons (Fsp3) is 0.250. The van der Waals surface area contributed by atoms with Crippen molar-refractivity contribution in [2.45, 2.75) is 24.8 Å². The molecule has 4 aromatic rings. The molecule has 0 atom stereocenters. The van der Waals surface area contributed by atoms with Gasteiger partial charge in [-0.2, -0.15) is 0 Å². The molecule has 0 unspecified atom stereocenters. The SMILES string of the molecule is Cc1ccc(C)c(CSc2nc3cc(C(=O)N4CCOCC4)ccc3c(=O)n2-c2ccc(F)cc2)c1. The zero-order valence-corrected chi connectivity index (χ0v) is 21.0. The zero-order valence-electron chi connectivity index (χ0n) is 20.2. The first-order valence-electron chi connectivity index (χ1n) is 11.8. The summed E-state index contributed by atoms with van der Waals surface area (Å²) in [4.78, 5) is 33.3. The topological polar surface area (TPSA) is 64.4 Å². The van der Waals surface area contributed by atoms with E-state index in [4.69, 9.17) is 9.72 Å². The van der Waals surface area contributed by atoms with Crippen LogP contribution in [0.15, 0.2) is 70.6 Å². The minimum absolute atomic E-state index is 0.102. The Hall–Kier alpha value is -3.49. The van der Waals surface area contributed by atoms with Crippen LogP contribution >= 0.6 is 11.8 Å². The van der Waals surface area contributed by atoms with Gasteiger partial charge >= 0.3 is 0 Å². The highest BCUT2D eigenvalue weighted by atomic mass is 32.2. The third-order valence-electron chi connectivity index (χ3n) is 6.33. The quantitative estimate of drug-likeness (QED) is 0.286. The molecule has 6 nitrogen and oxygen atoms in total. The average Bonchev–Trinajstić information content (AvgIpc) is 2.90. The summed E-state index contributed by atoms with van der Waals surface area (Å²) >= 11 is 1.44. The van der Waals surface area contributed by atoms with E-state index in [1.165, 1.54) is 28.5 Å². The molecule has 0 N–H and O–H groups in total. The number of fused-ring (bicyclic) bond motifs is 1. The maximum absolute atomic E-state index is 13.7. The van der Waals surface area contributed by atoms with Gasteiger partial charge in [0.2, 0.25) is 0 Å². The van der Waals surface area contributed by atoms with E-state index in [1.54, 1.807) is 35.2 Å². The molecule has 2 heterocycles. The summed E-state index contributed by atoms with van der Waals surface area (Å²) in [5, 5.41) is 0.880. The lowest BCUT2D eigenvalue weighted by molar-refractivity contribution is 0.0303. The van der Waals surface area contributed by atoms with Crippen LogP contribution in [0.1, 0.15) is 27.0 Å². The number of benzene rings is 3. The first-order chi connectivity index (χ1) is 17.4. The second-order valence-electron chi connectivity index (χ2n) is 8.87. The van der Waals surface area contributed by atoms with Crippen molar-refractivity contribution in [3.8, 4) is 5.69 Å². The number of thioether (sulfide) groups is 1. The van der Waals surface area contributed by atoms with Gasteiger partial charge in [0, 0.05) is 24.4 Å². The molecule has 0 bridgehead atoms. The maximum Gasteiger partial charge on any atom is 0.266 e. The van der Waals surface area contributed by atoms with Crippen LogP contribution in [0.25, 0.3) is 16.6 Å². The van der Waals surface area contributed by atoms with Crippen molar-refractivity contribution < 1.29 is 13.9 Å². The van der Waals surface area contributed by atoms with E-state index < -0.39 is 0 Å². The Kier molecular flexibility index (Phi) is 6.89. The van der Waals surface area contributed by atoms with E-state index in [0.29, 0.717) is 59.4 Å². The highest BCUT2D eigenvalue weighted by Gasteiger charge is 2.21. The number of morpholine rings is 1. The van der Waals surface area contributed by atoms with E-state index in [2.05, 4.69) is 25.1 Å². The predicted octanol–water partition coefficient (Wildman–Crippen LogP) is 4.91. The summed E-state index contributed by atoms with van der Waals surface area (Å²) in [6, 6.07) is 17.1. The van der Waals surface area contributed by atoms with Gasteiger partial charge in [0.15, 0.2) is 5.16 Å². The lowest BCUT2D eigenvalue weighted by Crippen LogP contribution is -2.40. The van der Waals surface area contributed by atoms with Gasteiger partial charge in [-0.3, -0.25) is 14.2 Å². The second kappa shape index (κ2) is 10.2. The van der Waals surface area contributed by atoms with Gasteiger partial charge in [0.1, 0.15) is 5.82 Å². The summed E-state index contributed by atoms with van der Waals surface area (Å²) in [6.45, 7) is 6.20. The minimum Gasteiger partial charge on any atom is -0.378 e. The molecular weight excluding hydrogens is 477 g/mol. The molecule has 1 aliphatic rings. The smallest absolute Gasteiger partial charge is 0.266 e. The Morgan fingerprint density at radius 3 is 2.53 bits per heavy atom. The number of aryl methyl sites for hydroxylation is 2. The number of hydrogen-bond donors (Lipinski definition) is 0. The van der Waals surface area contributed by atoms with Crippen LogP contribution in [0.3, 0.4) is 0 Å². The fourth-order valence-corrected chi connectivity index (χ4v) is 5.34. The zero-order chi connectivity index (χ0) is 25.2. The van der Waals surface area contributed by atoms with Crippen LogP contribution in [-0.4, -0.2) is 46.7 Å². The Labute approximate surface area is 212 Å². The Morgan fingerprint density at radius 1 is 1.03 bits per heavy atom.